The van der Waals surface area contributed by atoms with E-state index in [1.54, 1.807) is 15.8 Å². The summed E-state index contributed by atoms with van der Waals surface area (Å²) in [6, 6.07) is 7.33. The largest absolute Gasteiger partial charge is 0.346 e. The summed E-state index contributed by atoms with van der Waals surface area (Å²) >= 11 is 0. The molecule has 23 heavy (non-hydrogen) atoms. The fourth-order valence-electron chi connectivity index (χ4n) is 2.79. The lowest BCUT2D eigenvalue weighted by Gasteiger charge is -2.17. The smallest absolute Gasteiger partial charge is 0.254 e. The highest BCUT2D eigenvalue weighted by Crippen LogP contribution is 2.22. The molecule has 120 valence electrons. The highest BCUT2D eigenvalue weighted by Gasteiger charge is 2.27. The molecule has 1 unspecified atom stereocenters. The molecule has 0 radical (unpaired) electrons. The zero-order valence-electron chi connectivity index (χ0n) is 13.2. The van der Waals surface area contributed by atoms with Crippen LogP contribution in [-0.2, 0) is 18.4 Å². The van der Waals surface area contributed by atoms with Crippen LogP contribution in [0.15, 0.2) is 30.6 Å². The van der Waals surface area contributed by atoms with Crippen LogP contribution in [0.25, 0.3) is 0 Å². The summed E-state index contributed by atoms with van der Waals surface area (Å²) in [4.78, 5) is 26.0. The van der Waals surface area contributed by atoms with Crippen LogP contribution < -0.4 is 5.32 Å². The van der Waals surface area contributed by atoms with Crippen molar-refractivity contribution >= 4 is 11.8 Å². The van der Waals surface area contributed by atoms with Crippen molar-refractivity contribution in [3.05, 3.63) is 47.5 Å². The summed E-state index contributed by atoms with van der Waals surface area (Å²) in [6.45, 7) is 2.84. The predicted octanol–water partition coefficient (Wildman–Crippen LogP) is 1.04. The molecule has 7 heteroatoms. The number of hydrogen-bond acceptors (Lipinski definition) is 4. The normalized spacial score (nSPS) is 14.7. The van der Waals surface area contributed by atoms with E-state index >= 15 is 0 Å². The number of aryl methyl sites for hydroxylation is 1. The second-order valence-electron chi connectivity index (χ2n) is 5.72. The lowest BCUT2D eigenvalue weighted by atomic mass is 10.1. The van der Waals surface area contributed by atoms with Gasteiger partial charge in [0.2, 0.25) is 5.91 Å². The van der Waals surface area contributed by atoms with E-state index < -0.39 is 0 Å². The SMILES string of the molecule is CC(NC(=O)CCN1Cc2ccccc2C1=O)c1nncn1C. The van der Waals surface area contributed by atoms with Gasteiger partial charge in [0.1, 0.15) is 6.33 Å². The minimum Gasteiger partial charge on any atom is -0.346 e. The third kappa shape index (κ3) is 3.08. The molecule has 1 aromatic carbocycles. The van der Waals surface area contributed by atoms with Gasteiger partial charge in [-0.2, -0.15) is 0 Å². The highest BCUT2D eigenvalue weighted by molar-refractivity contribution is 5.98. The molecule has 0 aliphatic carbocycles. The average Bonchev–Trinajstić information content (AvgIpc) is 3.10. The Balaban J connectivity index is 1.52. The fourth-order valence-corrected chi connectivity index (χ4v) is 2.79. The molecule has 2 heterocycles. The summed E-state index contributed by atoms with van der Waals surface area (Å²) in [5, 5.41) is 10.7. The van der Waals surface area contributed by atoms with Gasteiger partial charge in [0, 0.05) is 32.1 Å². The van der Waals surface area contributed by atoms with Crippen LogP contribution in [0.5, 0.6) is 0 Å². The van der Waals surface area contributed by atoms with Gasteiger partial charge >= 0.3 is 0 Å². The average molecular weight is 313 g/mol. The van der Waals surface area contributed by atoms with E-state index in [9.17, 15) is 9.59 Å². The van der Waals surface area contributed by atoms with E-state index in [1.807, 2.05) is 38.2 Å². The number of aromatic nitrogens is 3. The van der Waals surface area contributed by atoms with Gasteiger partial charge in [-0.25, -0.2) is 0 Å². The van der Waals surface area contributed by atoms with Crippen LogP contribution in [0.1, 0.15) is 41.1 Å². The number of benzene rings is 1. The number of nitrogens with zero attached hydrogens (tertiary/aromatic N) is 4. The van der Waals surface area contributed by atoms with Gasteiger partial charge in [-0.05, 0) is 18.6 Å². The van der Waals surface area contributed by atoms with E-state index in [4.69, 9.17) is 0 Å². The number of amides is 2. The molecule has 7 nitrogen and oxygen atoms in total. The Morgan fingerprint density at radius 3 is 2.87 bits per heavy atom. The van der Waals surface area contributed by atoms with Crippen LogP contribution in [0.2, 0.25) is 0 Å². The fraction of sp³-hybridized carbons (Fsp3) is 0.375. The molecule has 3 rings (SSSR count). The number of rotatable bonds is 5. The Morgan fingerprint density at radius 1 is 1.39 bits per heavy atom. The first-order valence-corrected chi connectivity index (χ1v) is 7.56. The topological polar surface area (TPSA) is 80.1 Å². The first kappa shape index (κ1) is 15.2. The van der Waals surface area contributed by atoms with Gasteiger partial charge in [-0.1, -0.05) is 18.2 Å². The second kappa shape index (κ2) is 6.20. The third-order valence-electron chi connectivity index (χ3n) is 4.02. The van der Waals surface area contributed by atoms with Gasteiger partial charge in [0.05, 0.1) is 6.04 Å². The van der Waals surface area contributed by atoms with E-state index in [2.05, 4.69) is 15.5 Å². The Kier molecular flexibility index (Phi) is 4.10. The van der Waals surface area contributed by atoms with Crippen molar-refractivity contribution in [3.8, 4) is 0 Å². The van der Waals surface area contributed by atoms with Gasteiger partial charge < -0.3 is 14.8 Å². The van der Waals surface area contributed by atoms with Crippen molar-refractivity contribution in [3.63, 3.8) is 0 Å². The number of carbonyl (C=O) groups excluding carboxylic acids is 2. The van der Waals surface area contributed by atoms with Crippen molar-refractivity contribution in [1.82, 2.24) is 25.0 Å². The maximum absolute atomic E-state index is 12.2. The second-order valence-corrected chi connectivity index (χ2v) is 5.72. The van der Waals surface area contributed by atoms with Crippen molar-refractivity contribution in [1.29, 1.82) is 0 Å². The Morgan fingerprint density at radius 2 is 2.17 bits per heavy atom. The monoisotopic (exact) mass is 313 g/mol. The summed E-state index contributed by atoms with van der Waals surface area (Å²) in [5.41, 5.74) is 1.76. The van der Waals surface area contributed by atoms with Crippen LogP contribution in [0.4, 0.5) is 0 Å². The van der Waals surface area contributed by atoms with Crippen molar-refractivity contribution in [2.45, 2.75) is 25.9 Å². The molecule has 2 amide bonds. The lowest BCUT2D eigenvalue weighted by molar-refractivity contribution is -0.122. The molecule has 2 aromatic rings. The standard InChI is InChI=1S/C16H19N5O2/c1-11(15-19-17-10-20(15)2)18-14(22)7-8-21-9-12-5-3-4-6-13(12)16(21)23/h3-6,10-11H,7-9H2,1-2H3,(H,18,22). The maximum Gasteiger partial charge on any atom is 0.254 e. The van der Waals surface area contributed by atoms with E-state index in [0.717, 1.165) is 11.1 Å². The number of hydrogen-bond donors (Lipinski definition) is 1. The summed E-state index contributed by atoms with van der Waals surface area (Å²) in [6.07, 6.45) is 1.86. The van der Waals surface area contributed by atoms with Gasteiger partial charge in [0.15, 0.2) is 5.82 Å². The third-order valence-corrected chi connectivity index (χ3v) is 4.02. The molecule has 1 aromatic heterocycles. The maximum atomic E-state index is 12.2. The Labute approximate surface area is 134 Å². The molecular weight excluding hydrogens is 294 g/mol. The summed E-state index contributed by atoms with van der Waals surface area (Å²) in [5.74, 6) is 0.585. The Bertz CT molecular complexity index is 740. The van der Waals surface area contributed by atoms with Gasteiger partial charge in [0.25, 0.3) is 5.91 Å². The van der Waals surface area contributed by atoms with Crippen LogP contribution in [0.3, 0.4) is 0 Å². The zero-order valence-corrected chi connectivity index (χ0v) is 13.2. The highest BCUT2D eigenvalue weighted by atomic mass is 16.2. The number of carbonyl (C=O) groups is 2. The van der Waals surface area contributed by atoms with E-state index in [0.29, 0.717) is 18.9 Å². The molecule has 1 aliphatic rings. The molecule has 0 spiro atoms. The first-order valence-electron chi connectivity index (χ1n) is 7.56. The predicted molar refractivity (Wildman–Crippen MR) is 83.4 cm³/mol. The van der Waals surface area contributed by atoms with Gasteiger partial charge in [-0.15, -0.1) is 10.2 Å². The Hall–Kier alpha value is -2.70. The van der Waals surface area contributed by atoms with Crippen molar-refractivity contribution in [2.75, 3.05) is 6.54 Å². The first-order chi connectivity index (χ1) is 11.1. The minimum atomic E-state index is -0.221. The van der Waals surface area contributed by atoms with Crippen LogP contribution in [-0.4, -0.2) is 38.0 Å². The molecular formula is C16H19N5O2. The number of fused-ring (bicyclic) bond motifs is 1. The zero-order chi connectivity index (χ0) is 16.4. The van der Waals surface area contributed by atoms with Crippen LogP contribution >= 0.6 is 0 Å². The van der Waals surface area contributed by atoms with Gasteiger partial charge in [-0.3, -0.25) is 9.59 Å². The summed E-state index contributed by atoms with van der Waals surface area (Å²) in [7, 11) is 1.83. The van der Waals surface area contributed by atoms with Crippen molar-refractivity contribution in [2.24, 2.45) is 7.05 Å². The molecule has 0 bridgehead atoms. The van der Waals surface area contributed by atoms with E-state index in [-0.39, 0.29) is 24.3 Å². The van der Waals surface area contributed by atoms with E-state index in [1.165, 1.54) is 0 Å². The number of nitrogens with one attached hydrogen (secondary N) is 1. The van der Waals surface area contributed by atoms with Crippen molar-refractivity contribution < 1.29 is 9.59 Å². The molecule has 1 aliphatic heterocycles. The summed E-state index contributed by atoms with van der Waals surface area (Å²) < 4.78 is 1.77. The molecule has 1 atom stereocenters. The lowest BCUT2D eigenvalue weighted by Crippen LogP contribution is -2.33. The molecule has 0 fully saturated rings. The molecule has 0 saturated heterocycles. The quantitative estimate of drug-likeness (QED) is 0.894. The van der Waals surface area contributed by atoms with Crippen LogP contribution in [0, 0.1) is 0 Å². The molecule has 1 N–H and O–H groups in total. The minimum absolute atomic E-state index is 0.00486. The molecule has 0 saturated carbocycles.